The molecule has 0 saturated heterocycles. The maximum absolute atomic E-state index is 11.9. The standard InChI is InChI=1S/C18H17NO6/c20-14-4-1-3-12(9-14)18(22)25-11-17(21)19-13-5-6-15-16(10-13)24-8-2-7-23-15/h1,3-6,9-10,20H,2,7-8,11H2,(H,19,21). The maximum Gasteiger partial charge on any atom is 0.338 e. The summed E-state index contributed by atoms with van der Waals surface area (Å²) in [7, 11) is 0. The Labute approximate surface area is 144 Å². The van der Waals surface area contributed by atoms with Crippen molar-refractivity contribution >= 4 is 17.6 Å². The molecule has 0 aromatic heterocycles. The molecule has 1 aliphatic rings. The first-order chi connectivity index (χ1) is 12.1. The lowest BCUT2D eigenvalue weighted by atomic mass is 10.2. The Kier molecular flexibility index (Phi) is 5.03. The van der Waals surface area contributed by atoms with Gasteiger partial charge in [0.05, 0.1) is 18.8 Å². The van der Waals surface area contributed by atoms with Crippen LogP contribution in [0.25, 0.3) is 0 Å². The topological polar surface area (TPSA) is 94.1 Å². The van der Waals surface area contributed by atoms with Gasteiger partial charge in [0.1, 0.15) is 5.75 Å². The van der Waals surface area contributed by atoms with Crippen molar-refractivity contribution in [3.8, 4) is 17.2 Å². The van der Waals surface area contributed by atoms with Crippen LogP contribution in [-0.2, 0) is 9.53 Å². The van der Waals surface area contributed by atoms with Gasteiger partial charge in [-0.25, -0.2) is 4.79 Å². The van der Waals surface area contributed by atoms with Gasteiger partial charge in [0.15, 0.2) is 18.1 Å². The number of ether oxygens (including phenoxy) is 3. The third kappa shape index (κ3) is 4.41. The van der Waals surface area contributed by atoms with Crippen LogP contribution in [0.2, 0.25) is 0 Å². The van der Waals surface area contributed by atoms with Crippen LogP contribution in [0.15, 0.2) is 42.5 Å². The van der Waals surface area contributed by atoms with Gasteiger partial charge in [0, 0.05) is 18.2 Å². The summed E-state index contributed by atoms with van der Waals surface area (Å²) in [6, 6.07) is 10.8. The van der Waals surface area contributed by atoms with E-state index in [-0.39, 0.29) is 11.3 Å². The molecule has 3 rings (SSSR count). The van der Waals surface area contributed by atoms with E-state index >= 15 is 0 Å². The number of esters is 1. The lowest BCUT2D eigenvalue weighted by Gasteiger charge is -2.10. The molecule has 0 radical (unpaired) electrons. The second kappa shape index (κ2) is 7.57. The van der Waals surface area contributed by atoms with Gasteiger partial charge < -0.3 is 24.6 Å². The van der Waals surface area contributed by atoms with E-state index in [9.17, 15) is 14.7 Å². The van der Waals surface area contributed by atoms with Crippen molar-refractivity contribution in [1.82, 2.24) is 0 Å². The van der Waals surface area contributed by atoms with Gasteiger partial charge in [-0.2, -0.15) is 0 Å². The largest absolute Gasteiger partial charge is 0.508 e. The fourth-order valence-electron chi connectivity index (χ4n) is 2.29. The lowest BCUT2D eigenvalue weighted by molar-refractivity contribution is -0.119. The van der Waals surface area contributed by atoms with Crippen molar-refractivity contribution in [3.63, 3.8) is 0 Å². The monoisotopic (exact) mass is 343 g/mol. The predicted octanol–water partition coefficient (Wildman–Crippen LogP) is 2.35. The number of hydrogen-bond acceptors (Lipinski definition) is 6. The summed E-state index contributed by atoms with van der Waals surface area (Å²) in [5.74, 6) is -0.0309. The van der Waals surface area contributed by atoms with E-state index in [0.717, 1.165) is 6.42 Å². The average Bonchev–Trinajstić information content (AvgIpc) is 2.84. The Morgan fingerprint density at radius 2 is 1.88 bits per heavy atom. The Balaban J connectivity index is 1.56. The molecule has 2 aromatic rings. The number of nitrogens with one attached hydrogen (secondary N) is 1. The second-order valence-corrected chi connectivity index (χ2v) is 5.39. The molecule has 0 fully saturated rings. The van der Waals surface area contributed by atoms with Crippen molar-refractivity contribution < 1.29 is 28.9 Å². The molecule has 2 aromatic carbocycles. The van der Waals surface area contributed by atoms with Gasteiger partial charge in [-0.05, 0) is 30.3 Å². The van der Waals surface area contributed by atoms with E-state index in [0.29, 0.717) is 30.4 Å². The highest BCUT2D eigenvalue weighted by atomic mass is 16.5. The number of carbonyl (C=O) groups is 2. The van der Waals surface area contributed by atoms with Gasteiger partial charge in [0.25, 0.3) is 5.91 Å². The minimum atomic E-state index is -0.690. The highest BCUT2D eigenvalue weighted by Crippen LogP contribution is 2.32. The summed E-state index contributed by atoms with van der Waals surface area (Å²) in [6.07, 6.45) is 0.793. The number of amides is 1. The van der Waals surface area contributed by atoms with E-state index in [2.05, 4.69) is 5.32 Å². The molecule has 130 valence electrons. The van der Waals surface area contributed by atoms with Crippen LogP contribution in [0.4, 0.5) is 5.69 Å². The highest BCUT2D eigenvalue weighted by Gasteiger charge is 2.14. The minimum Gasteiger partial charge on any atom is -0.508 e. The van der Waals surface area contributed by atoms with Crippen LogP contribution in [0.5, 0.6) is 17.2 Å². The SMILES string of the molecule is O=C(COC(=O)c1cccc(O)c1)Nc1ccc2c(c1)OCCCO2. The average molecular weight is 343 g/mol. The fraction of sp³-hybridized carbons (Fsp3) is 0.222. The summed E-state index contributed by atoms with van der Waals surface area (Å²) >= 11 is 0. The molecular formula is C18H17NO6. The lowest BCUT2D eigenvalue weighted by Crippen LogP contribution is -2.20. The third-order valence-corrected chi connectivity index (χ3v) is 3.45. The predicted molar refractivity (Wildman–Crippen MR) is 89.1 cm³/mol. The van der Waals surface area contributed by atoms with Crippen LogP contribution in [0.3, 0.4) is 0 Å². The molecule has 1 amide bonds. The van der Waals surface area contributed by atoms with E-state index in [1.165, 1.54) is 24.3 Å². The van der Waals surface area contributed by atoms with Crippen molar-refractivity contribution in [2.75, 3.05) is 25.1 Å². The molecule has 0 unspecified atom stereocenters. The number of fused-ring (bicyclic) bond motifs is 1. The molecule has 7 heteroatoms. The quantitative estimate of drug-likeness (QED) is 0.828. The maximum atomic E-state index is 11.9. The normalized spacial score (nSPS) is 12.8. The van der Waals surface area contributed by atoms with Crippen LogP contribution in [0.1, 0.15) is 16.8 Å². The number of rotatable bonds is 4. The van der Waals surface area contributed by atoms with Crippen molar-refractivity contribution in [3.05, 3.63) is 48.0 Å². The van der Waals surface area contributed by atoms with Crippen LogP contribution in [-0.4, -0.2) is 36.8 Å². The Morgan fingerprint density at radius 3 is 2.68 bits per heavy atom. The highest BCUT2D eigenvalue weighted by molar-refractivity contribution is 5.95. The number of phenolic OH excluding ortho intramolecular Hbond substituents is 1. The van der Waals surface area contributed by atoms with Crippen LogP contribution >= 0.6 is 0 Å². The van der Waals surface area contributed by atoms with E-state index in [1.807, 2.05) is 0 Å². The zero-order chi connectivity index (χ0) is 17.6. The van der Waals surface area contributed by atoms with Crippen molar-refractivity contribution in [2.24, 2.45) is 0 Å². The van der Waals surface area contributed by atoms with Gasteiger partial charge in [-0.3, -0.25) is 4.79 Å². The zero-order valence-electron chi connectivity index (χ0n) is 13.4. The molecule has 0 bridgehead atoms. The summed E-state index contributed by atoms with van der Waals surface area (Å²) in [5.41, 5.74) is 0.686. The molecule has 2 N–H and O–H groups in total. The first kappa shape index (κ1) is 16.6. The third-order valence-electron chi connectivity index (χ3n) is 3.45. The van der Waals surface area contributed by atoms with E-state index < -0.39 is 18.5 Å². The van der Waals surface area contributed by atoms with Crippen molar-refractivity contribution in [2.45, 2.75) is 6.42 Å². The number of carbonyl (C=O) groups excluding carboxylic acids is 2. The Hall–Kier alpha value is -3.22. The Bertz CT molecular complexity index is 789. The van der Waals surface area contributed by atoms with Gasteiger partial charge in [0.2, 0.25) is 0 Å². The van der Waals surface area contributed by atoms with Crippen LogP contribution < -0.4 is 14.8 Å². The minimum absolute atomic E-state index is 0.0499. The van der Waals surface area contributed by atoms with E-state index in [4.69, 9.17) is 14.2 Å². The summed E-state index contributed by atoms with van der Waals surface area (Å²) in [6.45, 7) is 0.693. The molecule has 25 heavy (non-hydrogen) atoms. The zero-order valence-corrected chi connectivity index (χ0v) is 13.4. The number of anilines is 1. The fourth-order valence-corrected chi connectivity index (χ4v) is 2.29. The van der Waals surface area contributed by atoms with Gasteiger partial charge in [-0.15, -0.1) is 0 Å². The summed E-state index contributed by atoms with van der Waals surface area (Å²) in [4.78, 5) is 23.8. The number of aromatic hydroxyl groups is 1. The first-order valence-electron chi connectivity index (χ1n) is 7.77. The molecule has 0 aliphatic carbocycles. The Morgan fingerprint density at radius 1 is 1.08 bits per heavy atom. The molecular weight excluding hydrogens is 326 g/mol. The molecule has 1 heterocycles. The number of hydrogen-bond donors (Lipinski definition) is 2. The molecule has 0 saturated carbocycles. The molecule has 1 aliphatic heterocycles. The number of phenols is 1. The van der Waals surface area contributed by atoms with Gasteiger partial charge in [-0.1, -0.05) is 6.07 Å². The second-order valence-electron chi connectivity index (χ2n) is 5.39. The molecule has 0 spiro atoms. The van der Waals surface area contributed by atoms with E-state index in [1.54, 1.807) is 18.2 Å². The smallest absolute Gasteiger partial charge is 0.338 e. The molecule has 7 nitrogen and oxygen atoms in total. The summed E-state index contributed by atoms with van der Waals surface area (Å²) < 4.78 is 16.0. The van der Waals surface area contributed by atoms with Crippen molar-refractivity contribution in [1.29, 1.82) is 0 Å². The van der Waals surface area contributed by atoms with Gasteiger partial charge >= 0.3 is 5.97 Å². The number of benzene rings is 2. The molecule has 0 atom stereocenters. The first-order valence-corrected chi connectivity index (χ1v) is 7.77. The van der Waals surface area contributed by atoms with Crippen LogP contribution in [0, 0.1) is 0 Å². The summed E-state index contributed by atoms with van der Waals surface area (Å²) in [5, 5.41) is 12.0.